The molecule has 11 rings (SSSR count). The highest BCUT2D eigenvalue weighted by molar-refractivity contribution is 7.26. The van der Waals surface area contributed by atoms with E-state index in [4.69, 9.17) is 0 Å². The molecular weight excluding hydrogens is 743 g/mol. The van der Waals surface area contributed by atoms with E-state index in [1.54, 1.807) is 0 Å². The zero-order valence-electron chi connectivity index (χ0n) is 32.9. The fourth-order valence-electron chi connectivity index (χ4n) is 8.58. The summed E-state index contributed by atoms with van der Waals surface area (Å²) in [5, 5.41) is 5.09. The van der Waals surface area contributed by atoms with Crippen molar-refractivity contribution in [3.63, 3.8) is 0 Å². The lowest BCUT2D eigenvalue weighted by molar-refractivity contribution is 1.30. The zero-order chi connectivity index (χ0) is 39.8. The number of fused-ring (bicyclic) bond motifs is 4. The summed E-state index contributed by atoms with van der Waals surface area (Å²) < 4.78 is 2.57. The molecule has 60 heavy (non-hydrogen) atoms. The predicted molar refractivity (Wildman–Crippen MR) is 259 cm³/mol. The minimum absolute atomic E-state index is 1.11. The number of anilines is 3. The van der Waals surface area contributed by atoms with E-state index in [-0.39, 0.29) is 0 Å². The van der Waals surface area contributed by atoms with Crippen molar-refractivity contribution in [2.45, 2.75) is 0 Å². The molecule has 0 aliphatic rings. The van der Waals surface area contributed by atoms with Gasteiger partial charge in [-0.15, -0.1) is 11.3 Å². The molecular formula is C58H39NS. The third kappa shape index (κ3) is 6.73. The first-order chi connectivity index (χ1) is 29.7. The lowest BCUT2D eigenvalue weighted by atomic mass is 9.96. The van der Waals surface area contributed by atoms with Crippen LogP contribution < -0.4 is 4.90 Å². The minimum Gasteiger partial charge on any atom is -0.309 e. The number of hydrogen-bond acceptors (Lipinski definition) is 2. The highest BCUT2D eigenvalue weighted by atomic mass is 32.1. The van der Waals surface area contributed by atoms with Gasteiger partial charge < -0.3 is 4.90 Å². The second-order valence-electron chi connectivity index (χ2n) is 15.4. The summed E-state index contributed by atoms with van der Waals surface area (Å²) in [7, 11) is 0. The Balaban J connectivity index is 0.986. The maximum atomic E-state index is 2.45. The van der Waals surface area contributed by atoms with Crippen molar-refractivity contribution < 1.29 is 0 Å². The van der Waals surface area contributed by atoms with E-state index < -0.39 is 0 Å². The van der Waals surface area contributed by atoms with E-state index in [2.05, 4.69) is 241 Å². The van der Waals surface area contributed by atoms with Gasteiger partial charge in [-0.05, 0) is 121 Å². The molecule has 0 aliphatic carbocycles. The fourth-order valence-corrected chi connectivity index (χ4v) is 9.78. The number of hydrogen-bond donors (Lipinski definition) is 0. The molecule has 1 heterocycles. The number of benzene rings is 10. The average Bonchev–Trinajstić information content (AvgIpc) is 3.72. The second kappa shape index (κ2) is 15.3. The lowest BCUT2D eigenvalue weighted by Gasteiger charge is -2.27. The zero-order valence-corrected chi connectivity index (χ0v) is 33.7. The van der Waals surface area contributed by atoms with Crippen LogP contribution in [0.4, 0.5) is 17.1 Å². The Morgan fingerprint density at radius 3 is 1.43 bits per heavy atom. The maximum Gasteiger partial charge on any atom is 0.0640 e. The summed E-state index contributed by atoms with van der Waals surface area (Å²) in [6.45, 7) is 0. The van der Waals surface area contributed by atoms with Gasteiger partial charge in [0.1, 0.15) is 0 Å². The number of nitrogens with zero attached hydrogens (tertiary/aromatic N) is 1. The Kier molecular flexibility index (Phi) is 9.11. The predicted octanol–water partition coefficient (Wildman–Crippen LogP) is 17.0. The lowest BCUT2D eigenvalue weighted by Crippen LogP contribution is -2.10. The van der Waals surface area contributed by atoms with Crippen LogP contribution in [0.25, 0.3) is 86.6 Å². The third-order valence-corrected chi connectivity index (χ3v) is 12.8. The van der Waals surface area contributed by atoms with Crippen LogP contribution in [0.15, 0.2) is 237 Å². The summed E-state index contributed by atoms with van der Waals surface area (Å²) >= 11 is 1.86. The van der Waals surface area contributed by atoms with Gasteiger partial charge in [0.05, 0.1) is 10.4 Å². The van der Waals surface area contributed by atoms with Crippen molar-refractivity contribution in [3.05, 3.63) is 237 Å². The monoisotopic (exact) mass is 781 g/mol. The van der Waals surface area contributed by atoms with Crippen molar-refractivity contribution in [2.75, 3.05) is 4.90 Å². The van der Waals surface area contributed by atoms with Gasteiger partial charge in [0.25, 0.3) is 0 Å². The molecule has 0 aliphatic heterocycles. The van der Waals surface area contributed by atoms with Crippen LogP contribution in [0.2, 0.25) is 0 Å². The van der Waals surface area contributed by atoms with Gasteiger partial charge >= 0.3 is 0 Å². The van der Waals surface area contributed by atoms with Crippen molar-refractivity contribution >= 4 is 59.3 Å². The molecule has 0 saturated carbocycles. The van der Waals surface area contributed by atoms with E-state index in [0.717, 1.165) is 11.4 Å². The van der Waals surface area contributed by atoms with Crippen LogP contribution in [-0.4, -0.2) is 0 Å². The van der Waals surface area contributed by atoms with Gasteiger partial charge in [0.2, 0.25) is 0 Å². The van der Waals surface area contributed by atoms with Crippen LogP contribution in [0.1, 0.15) is 0 Å². The van der Waals surface area contributed by atoms with Gasteiger partial charge in [-0.3, -0.25) is 0 Å². The van der Waals surface area contributed by atoms with Crippen LogP contribution in [-0.2, 0) is 0 Å². The maximum absolute atomic E-state index is 2.45. The van der Waals surface area contributed by atoms with E-state index in [0.29, 0.717) is 0 Å². The van der Waals surface area contributed by atoms with Crippen LogP contribution in [0, 0.1) is 0 Å². The Morgan fingerprint density at radius 2 is 0.733 bits per heavy atom. The molecule has 0 fully saturated rings. The summed E-state index contributed by atoms with van der Waals surface area (Å²) in [6.07, 6.45) is 0. The van der Waals surface area contributed by atoms with Crippen LogP contribution in [0.5, 0.6) is 0 Å². The first kappa shape index (κ1) is 35.6. The normalized spacial score (nSPS) is 11.3. The van der Waals surface area contributed by atoms with E-state index >= 15 is 0 Å². The molecule has 0 atom stereocenters. The molecule has 0 saturated heterocycles. The van der Waals surface area contributed by atoms with E-state index in [1.165, 1.54) is 92.3 Å². The van der Waals surface area contributed by atoms with Gasteiger partial charge in [0, 0.05) is 26.8 Å². The van der Waals surface area contributed by atoms with Gasteiger partial charge in [0.15, 0.2) is 0 Å². The quantitative estimate of drug-likeness (QED) is 0.148. The van der Waals surface area contributed by atoms with Crippen molar-refractivity contribution in [2.24, 2.45) is 0 Å². The van der Waals surface area contributed by atoms with E-state index in [9.17, 15) is 0 Å². The molecule has 0 spiro atoms. The minimum atomic E-state index is 1.11. The Bertz CT molecular complexity index is 3230. The van der Waals surface area contributed by atoms with E-state index in [1.807, 2.05) is 11.3 Å². The Labute approximate surface area is 354 Å². The fraction of sp³-hybridized carbons (Fsp3) is 0. The van der Waals surface area contributed by atoms with Gasteiger partial charge in [-0.25, -0.2) is 0 Å². The summed E-state index contributed by atoms with van der Waals surface area (Å²) in [5.41, 5.74) is 15.4. The van der Waals surface area contributed by atoms with Crippen molar-refractivity contribution in [3.8, 4) is 55.6 Å². The van der Waals surface area contributed by atoms with Crippen LogP contribution >= 0.6 is 11.3 Å². The third-order valence-electron chi connectivity index (χ3n) is 11.6. The summed E-state index contributed by atoms with van der Waals surface area (Å²) in [5.74, 6) is 0. The summed E-state index contributed by atoms with van der Waals surface area (Å²) in [4.78, 5) is 2.45. The SMILES string of the molecule is c1ccc(-c2cc(-c3ccccc3)cc(N(c3ccc(-c4ccc(-c5cccc(-c6ccc7ccccc7c6)c5)cc4)cc3)c3cccc4c3sc3ccccc34)c2)cc1. The average molecular weight is 782 g/mol. The number of rotatable bonds is 8. The molecule has 2 heteroatoms. The molecule has 11 aromatic rings. The largest absolute Gasteiger partial charge is 0.309 e. The Morgan fingerprint density at radius 1 is 0.267 bits per heavy atom. The van der Waals surface area contributed by atoms with Crippen LogP contribution in [0.3, 0.4) is 0 Å². The standard InChI is InChI=1S/C58H39NS/c1-3-13-40(14-4-1)50-37-51(41-15-5-2-6-16-41)39-53(38-50)59(56-23-12-22-55-54-21-9-10-24-57(54)60-58(55)56)52-33-31-44(32-34-52)43-25-27-45(28-26-43)47-19-11-20-48(35-47)49-30-29-42-17-7-8-18-46(42)36-49/h1-39H. The van der Waals surface area contributed by atoms with Crippen molar-refractivity contribution in [1.82, 2.24) is 0 Å². The molecule has 0 amide bonds. The number of thiophene rings is 1. The molecule has 10 aromatic carbocycles. The topological polar surface area (TPSA) is 3.24 Å². The second-order valence-corrected chi connectivity index (χ2v) is 16.4. The molecule has 0 N–H and O–H groups in total. The molecule has 0 bridgehead atoms. The van der Waals surface area contributed by atoms with Gasteiger partial charge in [-0.2, -0.15) is 0 Å². The highest BCUT2D eigenvalue weighted by Gasteiger charge is 2.20. The molecule has 0 unspecified atom stereocenters. The molecule has 0 radical (unpaired) electrons. The highest BCUT2D eigenvalue weighted by Crippen LogP contribution is 2.46. The molecule has 1 aromatic heterocycles. The van der Waals surface area contributed by atoms with Crippen molar-refractivity contribution in [1.29, 1.82) is 0 Å². The smallest absolute Gasteiger partial charge is 0.0640 e. The molecule has 1 nitrogen and oxygen atoms in total. The Hall–Kier alpha value is -7.52. The first-order valence-corrected chi connectivity index (χ1v) is 21.3. The van der Waals surface area contributed by atoms with Gasteiger partial charge in [-0.1, -0.05) is 182 Å². The molecule has 282 valence electrons. The summed E-state index contributed by atoms with van der Waals surface area (Å²) in [6, 6.07) is 86.2. The first-order valence-electron chi connectivity index (χ1n) is 20.5.